The number of methoxy groups -OCH3 is 1. The average Bonchev–Trinajstić information content (AvgIpc) is 2.16. The summed E-state index contributed by atoms with van der Waals surface area (Å²) >= 11 is 3.27. The number of hydrogen-bond acceptors (Lipinski definition) is 4. The normalized spacial score (nSPS) is 12.6. The summed E-state index contributed by atoms with van der Waals surface area (Å²) in [4.78, 5) is 4.01. The Hall–Kier alpha value is -0.650. The summed E-state index contributed by atoms with van der Waals surface area (Å²) in [6.45, 7) is -0.130. The molecular weight excluding hydrogens is 236 g/mol. The maximum absolute atomic E-state index is 8.88. The molecule has 1 aromatic rings. The van der Waals surface area contributed by atoms with E-state index in [9.17, 15) is 0 Å². The van der Waals surface area contributed by atoms with E-state index in [2.05, 4.69) is 20.9 Å². The summed E-state index contributed by atoms with van der Waals surface area (Å²) in [6, 6.07) is 1.33. The fourth-order valence-corrected chi connectivity index (χ4v) is 1.33. The summed E-state index contributed by atoms with van der Waals surface area (Å²) in [5, 5.41) is 8.88. The lowest BCUT2D eigenvalue weighted by Crippen LogP contribution is -2.16. The van der Waals surface area contributed by atoms with Gasteiger partial charge in [-0.15, -0.1) is 0 Å². The maximum Gasteiger partial charge on any atom is 0.217 e. The van der Waals surface area contributed by atoms with Crippen molar-refractivity contribution >= 4 is 15.9 Å². The molecule has 13 heavy (non-hydrogen) atoms. The monoisotopic (exact) mass is 246 g/mol. The number of aliphatic hydroxyl groups is 1. The smallest absolute Gasteiger partial charge is 0.217 e. The van der Waals surface area contributed by atoms with Crippen LogP contribution < -0.4 is 10.5 Å². The third kappa shape index (κ3) is 2.40. The zero-order valence-electron chi connectivity index (χ0n) is 7.20. The number of nitrogens with zero attached hydrogens (tertiary/aromatic N) is 1. The van der Waals surface area contributed by atoms with Crippen LogP contribution in [0.3, 0.4) is 0 Å². The van der Waals surface area contributed by atoms with E-state index in [0.717, 1.165) is 4.47 Å². The summed E-state index contributed by atoms with van der Waals surface area (Å²) in [6.07, 6.45) is 1.62. The number of aliphatic hydroxyl groups excluding tert-OH is 1. The van der Waals surface area contributed by atoms with Crippen LogP contribution >= 0.6 is 15.9 Å². The molecule has 0 aliphatic heterocycles. The van der Waals surface area contributed by atoms with Crippen molar-refractivity contribution in [3.63, 3.8) is 0 Å². The topological polar surface area (TPSA) is 68.4 Å². The second-order valence-corrected chi connectivity index (χ2v) is 3.46. The van der Waals surface area contributed by atoms with E-state index in [4.69, 9.17) is 15.6 Å². The molecule has 0 aromatic carbocycles. The highest BCUT2D eigenvalue weighted by molar-refractivity contribution is 9.10. The number of halogens is 1. The first-order valence-corrected chi connectivity index (χ1v) is 4.54. The second-order valence-electron chi connectivity index (χ2n) is 2.54. The number of nitrogens with two attached hydrogens (primary N) is 1. The van der Waals surface area contributed by atoms with E-state index in [1.54, 1.807) is 12.3 Å². The van der Waals surface area contributed by atoms with E-state index < -0.39 is 6.04 Å². The first-order chi connectivity index (χ1) is 6.19. The molecule has 0 fully saturated rings. The lowest BCUT2D eigenvalue weighted by Gasteiger charge is -2.12. The average molecular weight is 247 g/mol. The molecular formula is C8H11BrN2O2. The van der Waals surface area contributed by atoms with Gasteiger partial charge >= 0.3 is 0 Å². The molecule has 0 saturated heterocycles. The van der Waals surface area contributed by atoms with E-state index in [1.165, 1.54) is 7.11 Å². The summed E-state index contributed by atoms with van der Waals surface area (Å²) in [5.41, 5.74) is 6.34. The van der Waals surface area contributed by atoms with E-state index in [-0.39, 0.29) is 6.61 Å². The van der Waals surface area contributed by atoms with Crippen molar-refractivity contribution in [3.05, 3.63) is 22.3 Å². The van der Waals surface area contributed by atoms with Crippen LogP contribution in [0.2, 0.25) is 0 Å². The molecule has 0 unspecified atom stereocenters. The quantitative estimate of drug-likeness (QED) is 0.830. The Morgan fingerprint density at radius 2 is 2.46 bits per heavy atom. The molecule has 0 aliphatic rings. The minimum Gasteiger partial charge on any atom is -0.481 e. The fraction of sp³-hybridized carbons (Fsp3) is 0.375. The first-order valence-electron chi connectivity index (χ1n) is 3.75. The van der Waals surface area contributed by atoms with Crippen LogP contribution in [0.5, 0.6) is 5.88 Å². The van der Waals surface area contributed by atoms with E-state index in [1.807, 2.05) is 0 Å². The van der Waals surface area contributed by atoms with Crippen LogP contribution in [-0.2, 0) is 0 Å². The van der Waals surface area contributed by atoms with Gasteiger partial charge in [0.25, 0.3) is 0 Å². The van der Waals surface area contributed by atoms with Crippen molar-refractivity contribution in [2.24, 2.45) is 5.73 Å². The minimum atomic E-state index is -0.458. The molecule has 0 saturated carbocycles. The van der Waals surface area contributed by atoms with Gasteiger partial charge in [0.1, 0.15) is 0 Å². The lowest BCUT2D eigenvalue weighted by atomic mass is 10.1. The Kier molecular flexibility index (Phi) is 3.65. The van der Waals surface area contributed by atoms with Crippen LogP contribution in [0, 0.1) is 0 Å². The van der Waals surface area contributed by atoms with Crippen molar-refractivity contribution in [1.29, 1.82) is 0 Å². The molecule has 0 bridgehead atoms. The van der Waals surface area contributed by atoms with Gasteiger partial charge in [-0.3, -0.25) is 0 Å². The van der Waals surface area contributed by atoms with Crippen molar-refractivity contribution in [2.75, 3.05) is 13.7 Å². The highest BCUT2D eigenvalue weighted by atomic mass is 79.9. The predicted molar refractivity (Wildman–Crippen MR) is 52.5 cm³/mol. The van der Waals surface area contributed by atoms with Crippen molar-refractivity contribution in [2.45, 2.75) is 6.04 Å². The van der Waals surface area contributed by atoms with Crippen LogP contribution in [0.25, 0.3) is 0 Å². The molecule has 1 atom stereocenters. The second kappa shape index (κ2) is 4.55. The Balaban J connectivity index is 3.07. The zero-order valence-corrected chi connectivity index (χ0v) is 8.78. The molecule has 72 valence electrons. The molecule has 0 radical (unpaired) electrons. The fourth-order valence-electron chi connectivity index (χ4n) is 0.977. The SMILES string of the molecule is COc1ncc(Br)cc1[C@H](N)CO. The summed E-state index contributed by atoms with van der Waals surface area (Å²) < 4.78 is 5.81. The molecule has 0 aliphatic carbocycles. The number of ether oxygens (including phenoxy) is 1. The van der Waals surface area contributed by atoms with Crippen molar-refractivity contribution in [3.8, 4) is 5.88 Å². The van der Waals surface area contributed by atoms with Gasteiger partial charge in [0.2, 0.25) is 5.88 Å². The predicted octanol–water partition coefficient (Wildman–Crippen LogP) is 0.845. The van der Waals surface area contributed by atoms with Gasteiger partial charge in [-0.25, -0.2) is 4.98 Å². The third-order valence-corrected chi connectivity index (χ3v) is 2.07. The van der Waals surface area contributed by atoms with Crippen LogP contribution in [0.15, 0.2) is 16.7 Å². The number of pyridine rings is 1. The Labute approximate surface area is 84.9 Å². The van der Waals surface area contributed by atoms with Gasteiger partial charge in [-0.2, -0.15) is 0 Å². The zero-order chi connectivity index (χ0) is 9.84. The molecule has 1 aromatic heterocycles. The highest BCUT2D eigenvalue weighted by Gasteiger charge is 2.12. The van der Waals surface area contributed by atoms with Crippen LogP contribution in [0.4, 0.5) is 0 Å². The van der Waals surface area contributed by atoms with Gasteiger partial charge in [0, 0.05) is 16.2 Å². The Bertz CT molecular complexity index is 293. The van der Waals surface area contributed by atoms with Crippen LogP contribution in [0.1, 0.15) is 11.6 Å². The van der Waals surface area contributed by atoms with Gasteiger partial charge < -0.3 is 15.6 Å². The lowest BCUT2D eigenvalue weighted by molar-refractivity contribution is 0.263. The maximum atomic E-state index is 8.88. The van der Waals surface area contributed by atoms with E-state index in [0.29, 0.717) is 11.4 Å². The number of rotatable bonds is 3. The van der Waals surface area contributed by atoms with Crippen LogP contribution in [-0.4, -0.2) is 23.8 Å². The molecule has 4 nitrogen and oxygen atoms in total. The molecule has 1 heterocycles. The number of hydrogen-bond donors (Lipinski definition) is 2. The number of aromatic nitrogens is 1. The molecule has 5 heteroatoms. The molecule has 1 rings (SSSR count). The summed E-state index contributed by atoms with van der Waals surface area (Å²) in [7, 11) is 1.52. The largest absolute Gasteiger partial charge is 0.481 e. The van der Waals surface area contributed by atoms with Crippen molar-refractivity contribution in [1.82, 2.24) is 4.98 Å². The molecule has 3 N–H and O–H groups in total. The van der Waals surface area contributed by atoms with Gasteiger partial charge in [-0.05, 0) is 22.0 Å². The standard InChI is InChI=1S/C8H11BrN2O2/c1-13-8-6(7(10)4-12)2-5(9)3-11-8/h2-3,7,12H,4,10H2,1H3/t7-/m1/s1. The van der Waals surface area contributed by atoms with Gasteiger partial charge in [0.05, 0.1) is 19.8 Å². The minimum absolute atomic E-state index is 0.130. The van der Waals surface area contributed by atoms with E-state index >= 15 is 0 Å². The highest BCUT2D eigenvalue weighted by Crippen LogP contribution is 2.24. The Morgan fingerprint density at radius 3 is 3.00 bits per heavy atom. The summed E-state index contributed by atoms with van der Waals surface area (Å²) in [5.74, 6) is 0.449. The first kappa shape index (κ1) is 10.4. The van der Waals surface area contributed by atoms with Gasteiger partial charge in [0.15, 0.2) is 0 Å². The molecule has 0 amide bonds. The van der Waals surface area contributed by atoms with Crippen molar-refractivity contribution < 1.29 is 9.84 Å². The van der Waals surface area contributed by atoms with Gasteiger partial charge in [-0.1, -0.05) is 0 Å². The Morgan fingerprint density at radius 1 is 1.77 bits per heavy atom. The molecule has 0 spiro atoms. The third-order valence-electron chi connectivity index (χ3n) is 1.63.